The van der Waals surface area contributed by atoms with Crippen molar-refractivity contribution < 1.29 is 57.4 Å². The van der Waals surface area contributed by atoms with Crippen LogP contribution in [0.25, 0.3) is 0 Å². The largest absolute Gasteiger partial charge is 0.463 e. The van der Waals surface area contributed by atoms with Crippen molar-refractivity contribution in [3.8, 4) is 0 Å². The summed E-state index contributed by atoms with van der Waals surface area (Å²) in [5.74, 6) is -2.70. The lowest BCUT2D eigenvalue weighted by Crippen LogP contribution is -2.62. The molecule has 2 aliphatic rings. The van der Waals surface area contributed by atoms with Gasteiger partial charge in [-0.05, 0) is 23.7 Å². The molecule has 0 aromatic heterocycles. The van der Waals surface area contributed by atoms with E-state index in [0.717, 1.165) is 28.8 Å². The Morgan fingerprint density at radius 3 is 1.98 bits per heavy atom. The van der Waals surface area contributed by atoms with Crippen LogP contribution in [-0.2, 0) is 65.5 Å². The molecule has 0 amide bonds. The van der Waals surface area contributed by atoms with Gasteiger partial charge in [-0.25, -0.2) is 0 Å². The van der Waals surface area contributed by atoms with Crippen LogP contribution < -0.4 is 5.32 Å². The average molecular weight is 771 g/mol. The fourth-order valence-electron chi connectivity index (χ4n) is 6.41. The number of benzene rings is 2. The summed E-state index contributed by atoms with van der Waals surface area (Å²) < 4.78 is 40.8. The molecular formula is C39H50N2O12S. The molecule has 1 unspecified atom stereocenters. The normalized spacial score (nSPS) is 25.2. The van der Waals surface area contributed by atoms with Gasteiger partial charge in [-0.2, -0.15) is 0 Å². The Balaban J connectivity index is 1.46. The fourth-order valence-corrected chi connectivity index (χ4v) is 6.64. The van der Waals surface area contributed by atoms with Crippen LogP contribution in [-0.4, -0.2) is 102 Å². The molecule has 0 radical (unpaired) electrons. The Hall–Kier alpha value is -4.25. The molecule has 2 aliphatic heterocycles. The van der Waals surface area contributed by atoms with E-state index < -0.39 is 60.7 Å². The van der Waals surface area contributed by atoms with E-state index in [9.17, 15) is 24.3 Å². The molecule has 0 aliphatic carbocycles. The van der Waals surface area contributed by atoms with E-state index in [-0.39, 0.29) is 31.8 Å². The predicted molar refractivity (Wildman–Crippen MR) is 199 cm³/mol. The van der Waals surface area contributed by atoms with E-state index in [0.29, 0.717) is 24.5 Å². The number of hydrogen-bond acceptors (Lipinski definition) is 14. The van der Waals surface area contributed by atoms with Crippen LogP contribution in [0, 0.1) is 0 Å². The van der Waals surface area contributed by atoms with E-state index >= 15 is 0 Å². The second-order valence-electron chi connectivity index (χ2n) is 13.3. The van der Waals surface area contributed by atoms with Crippen LogP contribution in [0.5, 0.6) is 0 Å². The molecule has 2 saturated heterocycles. The number of hydrogen-bond donors (Lipinski definition) is 2. The number of likely N-dealkylation sites (N-methyl/N-ethyl adjacent to an activating group) is 1. The number of nitrogens with one attached hydrogen (secondary N) is 1. The first kappa shape index (κ1) is 42.5. The highest BCUT2D eigenvalue weighted by molar-refractivity contribution is 7.80. The summed E-state index contributed by atoms with van der Waals surface area (Å²) in [6, 6.07) is 15.5. The van der Waals surface area contributed by atoms with Gasteiger partial charge in [-0.15, -0.1) is 6.58 Å². The summed E-state index contributed by atoms with van der Waals surface area (Å²) in [6.07, 6.45) is -4.12. The van der Waals surface area contributed by atoms with Crippen molar-refractivity contribution in [2.75, 3.05) is 26.7 Å². The maximum absolute atomic E-state index is 12.2. The number of rotatable bonds is 16. The summed E-state index contributed by atoms with van der Waals surface area (Å²) in [5.41, 5.74) is 3.57. The quantitative estimate of drug-likeness (QED) is 0.109. The smallest absolute Gasteiger partial charge is 0.303 e. The van der Waals surface area contributed by atoms with E-state index in [1.54, 1.807) is 0 Å². The topological polar surface area (TPSA) is 168 Å². The minimum Gasteiger partial charge on any atom is -0.463 e. The molecule has 0 spiro atoms. The standard InChI is InChI=1S/C39H50N2O12S/c1-7-16-41(6)20-31-17-32(29-12-10-28(21-42)11-13-29)53-39(51-31)30-14-8-27(9-15-30)19-40-35(54)18-33-36(48-24(3)44)38(50-26(5)46)37(49-25(4)45)34(52-33)22-47-23(2)43/h7-15,31-34,36-39,42H,1,16-22H2,2-6H3,(H,40,54)/t31-,32+,33-,34+,36-,37+,38+,39?/m0/s1. The fraction of sp³-hybridized carbons (Fsp3) is 0.513. The predicted octanol–water partition coefficient (Wildman–Crippen LogP) is 3.77. The van der Waals surface area contributed by atoms with Gasteiger partial charge in [0, 0.05) is 65.7 Å². The molecule has 54 heavy (non-hydrogen) atoms. The Morgan fingerprint density at radius 1 is 0.833 bits per heavy atom. The monoisotopic (exact) mass is 770 g/mol. The Morgan fingerprint density at radius 2 is 1.41 bits per heavy atom. The number of carbonyl (C=O) groups excluding carboxylic acids is 4. The summed E-state index contributed by atoms with van der Waals surface area (Å²) in [6.45, 7) is 9.97. The van der Waals surface area contributed by atoms with Crippen LogP contribution in [0.3, 0.4) is 0 Å². The number of esters is 4. The van der Waals surface area contributed by atoms with Crippen molar-refractivity contribution in [1.29, 1.82) is 0 Å². The molecule has 2 aromatic carbocycles. The van der Waals surface area contributed by atoms with Gasteiger partial charge in [0.25, 0.3) is 0 Å². The Bertz CT molecular complexity index is 1600. The highest BCUT2D eigenvalue weighted by atomic mass is 32.1. The molecule has 2 aromatic rings. The number of aliphatic hydroxyl groups excluding tert-OH is 1. The van der Waals surface area contributed by atoms with Gasteiger partial charge in [0.1, 0.15) is 18.8 Å². The first-order chi connectivity index (χ1) is 25.8. The third-order valence-electron chi connectivity index (χ3n) is 8.79. The molecule has 294 valence electrons. The van der Waals surface area contributed by atoms with Gasteiger partial charge in [0.05, 0.1) is 23.8 Å². The molecule has 2 N–H and O–H groups in total. The lowest BCUT2D eigenvalue weighted by atomic mass is 9.92. The molecule has 4 rings (SSSR count). The zero-order chi connectivity index (χ0) is 39.4. The number of thiocarbonyl (C=S) groups is 1. The number of ether oxygens (including phenoxy) is 7. The van der Waals surface area contributed by atoms with Crippen molar-refractivity contribution in [3.63, 3.8) is 0 Å². The third-order valence-corrected chi connectivity index (χ3v) is 9.10. The molecule has 0 saturated carbocycles. The van der Waals surface area contributed by atoms with Gasteiger partial charge < -0.3 is 48.5 Å². The second-order valence-corrected chi connectivity index (χ2v) is 13.8. The molecule has 2 heterocycles. The van der Waals surface area contributed by atoms with Gasteiger partial charge in [0.2, 0.25) is 0 Å². The van der Waals surface area contributed by atoms with Gasteiger partial charge in [-0.3, -0.25) is 19.2 Å². The molecule has 0 bridgehead atoms. The lowest BCUT2D eigenvalue weighted by Gasteiger charge is -2.44. The Kier molecular flexibility index (Phi) is 16.1. The zero-order valence-electron chi connectivity index (χ0n) is 31.3. The second kappa shape index (κ2) is 20.4. The van der Waals surface area contributed by atoms with Crippen LogP contribution in [0.1, 0.15) is 75.2 Å². The minimum atomic E-state index is -1.27. The van der Waals surface area contributed by atoms with E-state index in [1.165, 1.54) is 27.7 Å². The number of nitrogens with zero attached hydrogens (tertiary/aromatic N) is 1. The molecule has 8 atom stereocenters. The van der Waals surface area contributed by atoms with E-state index in [4.69, 9.17) is 45.4 Å². The highest BCUT2D eigenvalue weighted by Gasteiger charge is 2.52. The van der Waals surface area contributed by atoms with Crippen molar-refractivity contribution in [2.45, 2.75) is 103 Å². The highest BCUT2D eigenvalue weighted by Crippen LogP contribution is 2.38. The number of aliphatic hydroxyl groups is 1. The molecule has 14 nitrogen and oxygen atoms in total. The van der Waals surface area contributed by atoms with Crippen LogP contribution in [0.2, 0.25) is 0 Å². The van der Waals surface area contributed by atoms with Gasteiger partial charge >= 0.3 is 23.9 Å². The van der Waals surface area contributed by atoms with Gasteiger partial charge in [-0.1, -0.05) is 66.8 Å². The summed E-state index contributed by atoms with van der Waals surface area (Å²) in [5, 5.41) is 12.7. The number of carbonyl (C=O) groups is 4. The van der Waals surface area contributed by atoms with E-state index in [1.807, 2.05) is 61.7 Å². The van der Waals surface area contributed by atoms with E-state index in [2.05, 4.69) is 16.8 Å². The summed E-state index contributed by atoms with van der Waals surface area (Å²) in [4.78, 5) is 50.5. The molecule has 15 heteroatoms. The van der Waals surface area contributed by atoms with Crippen LogP contribution in [0.4, 0.5) is 0 Å². The maximum Gasteiger partial charge on any atom is 0.303 e. The first-order valence-electron chi connectivity index (χ1n) is 17.7. The zero-order valence-corrected chi connectivity index (χ0v) is 32.1. The van der Waals surface area contributed by atoms with Crippen molar-refractivity contribution in [1.82, 2.24) is 10.2 Å². The Labute approximate surface area is 321 Å². The third kappa shape index (κ3) is 12.7. The first-order valence-corrected chi connectivity index (χ1v) is 18.1. The van der Waals surface area contributed by atoms with Crippen LogP contribution in [0.15, 0.2) is 61.2 Å². The average Bonchev–Trinajstić information content (AvgIpc) is 3.12. The SMILES string of the molecule is C=CCN(C)C[C@@H]1C[C@H](c2ccc(CO)cc2)OC(c2ccc(CNC(=S)C[C@@H]3O[C@H](COC(C)=O)[C@@H](OC(C)=O)[C@H](OC(C)=O)[C@H]3OC(C)=O)cc2)O1. The van der Waals surface area contributed by atoms with Crippen LogP contribution >= 0.6 is 12.2 Å². The van der Waals surface area contributed by atoms with Crippen molar-refractivity contribution in [3.05, 3.63) is 83.4 Å². The summed E-state index contributed by atoms with van der Waals surface area (Å²) in [7, 11) is 2.02. The molecule has 2 fully saturated rings. The lowest BCUT2D eigenvalue weighted by molar-refractivity contribution is -0.252. The maximum atomic E-state index is 12.2. The minimum absolute atomic E-state index is 0.0264. The molecular weight excluding hydrogens is 720 g/mol. The summed E-state index contributed by atoms with van der Waals surface area (Å²) >= 11 is 5.67. The van der Waals surface area contributed by atoms with Gasteiger partial charge in [0.15, 0.2) is 24.6 Å². The van der Waals surface area contributed by atoms with Crippen molar-refractivity contribution >= 4 is 41.1 Å². The van der Waals surface area contributed by atoms with Crippen molar-refractivity contribution in [2.24, 2.45) is 0 Å².